The van der Waals surface area contributed by atoms with E-state index in [1.807, 2.05) is 11.8 Å². The van der Waals surface area contributed by atoms with E-state index in [9.17, 15) is 14.9 Å². The van der Waals surface area contributed by atoms with Crippen LogP contribution in [-0.4, -0.2) is 41.4 Å². The molecular formula is C17H18ClN3O4. The molecule has 8 heteroatoms. The SMILES string of the molecule is Cc1ccc(C(=O)N2CCN(c3ccc([N+](=O)[O-])cc3Cl)C[C@@H]2C)o1. The van der Waals surface area contributed by atoms with Crippen molar-refractivity contribution in [1.29, 1.82) is 0 Å². The van der Waals surface area contributed by atoms with Crippen LogP contribution in [0.4, 0.5) is 11.4 Å². The molecule has 1 aliphatic rings. The number of aryl methyl sites for hydroxylation is 1. The zero-order chi connectivity index (χ0) is 18.1. The van der Waals surface area contributed by atoms with E-state index in [0.29, 0.717) is 36.2 Å². The fraction of sp³-hybridized carbons (Fsp3) is 0.353. The normalized spacial score (nSPS) is 17.6. The molecule has 1 atom stereocenters. The summed E-state index contributed by atoms with van der Waals surface area (Å²) in [6, 6.07) is 7.85. The summed E-state index contributed by atoms with van der Waals surface area (Å²) in [5.41, 5.74) is 0.698. The number of carbonyl (C=O) groups excluding carboxylic acids is 1. The molecule has 2 heterocycles. The maximum atomic E-state index is 12.6. The summed E-state index contributed by atoms with van der Waals surface area (Å²) in [5.74, 6) is 0.911. The summed E-state index contributed by atoms with van der Waals surface area (Å²) in [7, 11) is 0. The lowest BCUT2D eigenvalue weighted by Gasteiger charge is -2.40. The van der Waals surface area contributed by atoms with E-state index < -0.39 is 4.92 Å². The Balaban J connectivity index is 1.73. The number of nitro groups is 1. The van der Waals surface area contributed by atoms with Gasteiger partial charge in [-0.2, -0.15) is 0 Å². The van der Waals surface area contributed by atoms with Crippen molar-refractivity contribution in [2.75, 3.05) is 24.5 Å². The number of furan rings is 1. The molecule has 1 aromatic carbocycles. The van der Waals surface area contributed by atoms with Crippen molar-refractivity contribution in [2.45, 2.75) is 19.9 Å². The van der Waals surface area contributed by atoms with Crippen LogP contribution in [0.5, 0.6) is 0 Å². The molecule has 0 saturated carbocycles. The van der Waals surface area contributed by atoms with Gasteiger partial charge in [-0.25, -0.2) is 0 Å². The van der Waals surface area contributed by atoms with Crippen molar-refractivity contribution in [3.8, 4) is 0 Å². The molecule has 0 radical (unpaired) electrons. The maximum absolute atomic E-state index is 12.6. The summed E-state index contributed by atoms with van der Waals surface area (Å²) in [6.07, 6.45) is 0. The Morgan fingerprint density at radius 2 is 2.08 bits per heavy atom. The van der Waals surface area contributed by atoms with Crippen LogP contribution in [0.2, 0.25) is 5.02 Å². The highest BCUT2D eigenvalue weighted by Gasteiger charge is 2.30. The van der Waals surface area contributed by atoms with Crippen molar-refractivity contribution in [2.24, 2.45) is 0 Å². The first-order valence-corrected chi connectivity index (χ1v) is 8.31. The summed E-state index contributed by atoms with van der Waals surface area (Å²) in [4.78, 5) is 26.7. The molecular weight excluding hydrogens is 346 g/mol. The van der Waals surface area contributed by atoms with Crippen LogP contribution in [0.25, 0.3) is 0 Å². The number of nitro benzene ring substituents is 1. The fourth-order valence-corrected chi connectivity index (χ4v) is 3.33. The first kappa shape index (κ1) is 17.3. The van der Waals surface area contributed by atoms with Crippen molar-refractivity contribution >= 4 is 28.9 Å². The Morgan fingerprint density at radius 3 is 2.64 bits per heavy atom. The molecule has 1 saturated heterocycles. The number of anilines is 1. The van der Waals surface area contributed by atoms with E-state index in [4.69, 9.17) is 16.0 Å². The van der Waals surface area contributed by atoms with E-state index in [1.54, 1.807) is 30.0 Å². The number of nitrogens with zero attached hydrogens (tertiary/aromatic N) is 3. The molecule has 0 aliphatic carbocycles. The van der Waals surface area contributed by atoms with Gasteiger partial charge in [-0.3, -0.25) is 14.9 Å². The third-order valence-corrected chi connectivity index (χ3v) is 4.63. The summed E-state index contributed by atoms with van der Waals surface area (Å²) in [6.45, 7) is 5.46. The summed E-state index contributed by atoms with van der Waals surface area (Å²) >= 11 is 6.21. The van der Waals surface area contributed by atoms with E-state index in [1.165, 1.54) is 12.1 Å². The Kier molecular flexibility index (Phi) is 4.67. The van der Waals surface area contributed by atoms with Gasteiger partial charge in [-0.15, -0.1) is 0 Å². The quantitative estimate of drug-likeness (QED) is 0.616. The molecule has 7 nitrogen and oxygen atoms in total. The van der Waals surface area contributed by atoms with Gasteiger partial charge in [0.25, 0.3) is 11.6 Å². The highest BCUT2D eigenvalue weighted by atomic mass is 35.5. The predicted octanol–water partition coefficient (Wildman–Crippen LogP) is 3.50. The largest absolute Gasteiger partial charge is 0.456 e. The number of amides is 1. The van der Waals surface area contributed by atoms with Gasteiger partial charge in [0.15, 0.2) is 5.76 Å². The second kappa shape index (κ2) is 6.76. The van der Waals surface area contributed by atoms with Gasteiger partial charge in [0.05, 0.1) is 15.6 Å². The number of rotatable bonds is 3. The van der Waals surface area contributed by atoms with Crippen LogP contribution >= 0.6 is 11.6 Å². The number of non-ortho nitro benzene ring substituents is 1. The summed E-state index contributed by atoms with van der Waals surface area (Å²) < 4.78 is 5.42. The lowest BCUT2D eigenvalue weighted by atomic mass is 10.1. The van der Waals surface area contributed by atoms with Gasteiger partial charge in [0, 0.05) is 37.8 Å². The molecule has 0 bridgehead atoms. The van der Waals surface area contributed by atoms with Gasteiger partial charge in [0.1, 0.15) is 5.76 Å². The van der Waals surface area contributed by atoms with E-state index in [2.05, 4.69) is 0 Å². The van der Waals surface area contributed by atoms with E-state index in [-0.39, 0.29) is 17.6 Å². The number of hydrogen-bond donors (Lipinski definition) is 0. The minimum Gasteiger partial charge on any atom is -0.456 e. The molecule has 0 spiro atoms. The van der Waals surface area contributed by atoms with Gasteiger partial charge in [-0.1, -0.05) is 11.6 Å². The van der Waals surface area contributed by atoms with Crippen LogP contribution in [-0.2, 0) is 0 Å². The second-order valence-electron chi connectivity index (χ2n) is 6.10. The summed E-state index contributed by atoms with van der Waals surface area (Å²) in [5, 5.41) is 11.2. The third-order valence-electron chi connectivity index (χ3n) is 4.32. The molecule has 0 unspecified atom stereocenters. The van der Waals surface area contributed by atoms with Crippen molar-refractivity contribution < 1.29 is 14.1 Å². The smallest absolute Gasteiger partial charge is 0.289 e. The standard InChI is InChI=1S/C17H18ClN3O4/c1-11-10-19(15-5-4-13(21(23)24)9-14(15)18)7-8-20(11)17(22)16-6-3-12(2)25-16/h3-6,9,11H,7-8,10H2,1-2H3/t11-/m0/s1. The molecule has 1 amide bonds. The zero-order valence-electron chi connectivity index (χ0n) is 13.9. The first-order chi connectivity index (χ1) is 11.9. The Labute approximate surface area is 149 Å². The van der Waals surface area contributed by atoms with Crippen molar-refractivity contribution in [1.82, 2.24) is 4.90 Å². The minimum atomic E-state index is -0.472. The fourth-order valence-electron chi connectivity index (χ4n) is 3.03. The molecule has 3 rings (SSSR count). The van der Waals surface area contributed by atoms with Crippen molar-refractivity contribution in [3.63, 3.8) is 0 Å². The van der Waals surface area contributed by atoms with Crippen LogP contribution in [0, 0.1) is 17.0 Å². The predicted molar refractivity (Wildman–Crippen MR) is 94.3 cm³/mol. The molecule has 1 fully saturated rings. The lowest BCUT2D eigenvalue weighted by Crippen LogP contribution is -2.54. The third kappa shape index (κ3) is 3.46. The van der Waals surface area contributed by atoms with Gasteiger partial charge >= 0.3 is 0 Å². The Hall–Kier alpha value is -2.54. The zero-order valence-corrected chi connectivity index (χ0v) is 14.7. The van der Waals surface area contributed by atoms with Gasteiger partial charge < -0.3 is 14.2 Å². The van der Waals surface area contributed by atoms with Gasteiger partial charge in [0.2, 0.25) is 0 Å². The number of benzene rings is 1. The second-order valence-corrected chi connectivity index (χ2v) is 6.50. The molecule has 2 aromatic rings. The van der Waals surface area contributed by atoms with Crippen LogP contribution in [0.1, 0.15) is 23.2 Å². The number of hydrogen-bond acceptors (Lipinski definition) is 5. The van der Waals surface area contributed by atoms with E-state index >= 15 is 0 Å². The maximum Gasteiger partial charge on any atom is 0.289 e. The number of halogens is 1. The highest BCUT2D eigenvalue weighted by Crippen LogP contribution is 2.31. The average molecular weight is 364 g/mol. The Bertz CT molecular complexity index is 820. The topological polar surface area (TPSA) is 79.8 Å². The lowest BCUT2D eigenvalue weighted by molar-refractivity contribution is -0.384. The monoisotopic (exact) mass is 363 g/mol. The molecule has 0 N–H and O–H groups in total. The average Bonchev–Trinajstić information content (AvgIpc) is 3.00. The van der Waals surface area contributed by atoms with E-state index in [0.717, 1.165) is 5.69 Å². The Morgan fingerprint density at radius 1 is 1.32 bits per heavy atom. The molecule has 132 valence electrons. The minimum absolute atomic E-state index is 0.0381. The van der Waals surface area contributed by atoms with Gasteiger partial charge in [-0.05, 0) is 32.0 Å². The van der Waals surface area contributed by atoms with Crippen LogP contribution in [0.15, 0.2) is 34.7 Å². The number of carbonyl (C=O) groups is 1. The number of piperazine rings is 1. The molecule has 1 aromatic heterocycles. The van der Waals surface area contributed by atoms with Crippen LogP contribution in [0.3, 0.4) is 0 Å². The van der Waals surface area contributed by atoms with Crippen LogP contribution < -0.4 is 4.90 Å². The van der Waals surface area contributed by atoms with Crippen molar-refractivity contribution in [3.05, 3.63) is 57.0 Å². The molecule has 1 aliphatic heterocycles. The molecule has 25 heavy (non-hydrogen) atoms. The highest BCUT2D eigenvalue weighted by molar-refractivity contribution is 6.33. The first-order valence-electron chi connectivity index (χ1n) is 7.93.